The van der Waals surface area contributed by atoms with E-state index in [9.17, 15) is 0 Å². The first-order valence-electron chi connectivity index (χ1n) is 5.08. The molecule has 0 radical (unpaired) electrons. The minimum Gasteiger partial charge on any atom is -0.379 e. The summed E-state index contributed by atoms with van der Waals surface area (Å²) in [5.74, 6) is 0. The number of hydrogen-bond acceptors (Lipinski definition) is 3. The minimum atomic E-state index is 0.349. The Bertz CT molecular complexity index is 191. The highest BCUT2D eigenvalue weighted by Gasteiger charge is 2.41. The van der Waals surface area contributed by atoms with Gasteiger partial charge >= 0.3 is 0 Å². The first-order chi connectivity index (χ1) is 6.09. The Labute approximate surface area is 84.6 Å². The van der Waals surface area contributed by atoms with Gasteiger partial charge in [0.05, 0.1) is 18.5 Å². The van der Waals surface area contributed by atoms with Crippen LogP contribution in [0.15, 0.2) is 0 Å². The maximum atomic E-state index is 6.22. The first-order valence-corrected chi connectivity index (χ1v) is 6.03. The van der Waals surface area contributed by atoms with E-state index in [1.165, 1.54) is 12.8 Å². The van der Waals surface area contributed by atoms with Crippen LogP contribution in [0.2, 0.25) is 0 Å². The molecule has 2 atom stereocenters. The van der Waals surface area contributed by atoms with Crippen molar-refractivity contribution in [3.63, 3.8) is 0 Å². The molecule has 0 bridgehead atoms. The summed E-state index contributed by atoms with van der Waals surface area (Å²) in [6.07, 6.45) is 2.56. The maximum absolute atomic E-state index is 6.22. The summed E-state index contributed by atoms with van der Waals surface area (Å²) in [4.78, 5) is 0. The lowest BCUT2D eigenvalue weighted by Gasteiger charge is -2.32. The Morgan fingerprint density at radius 1 is 1.38 bits per heavy atom. The number of rotatable bonds is 2. The molecule has 2 unspecified atom stereocenters. The number of hydrogen-bond donors (Lipinski definition) is 1. The van der Waals surface area contributed by atoms with E-state index in [0.717, 1.165) is 18.5 Å². The Hall–Kier alpha value is 0.270. The van der Waals surface area contributed by atoms with Gasteiger partial charge in [-0.3, -0.25) is 0 Å². The lowest BCUT2D eigenvalue weighted by atomic mass is 9.88. The van der Waals surface area contributed by atoms with Gasteiger partial charge in [-0.1, -0.05) is 13.8 Å². The molecule has 2 nitrogen and oxygen atoms in total. The highest BCUT2D eigenvalue weighted by molar-refractivity contribution is 8.00. The summed E-state index contributed by atoms with van der Waals surface area (Å²) in [6, 6.07) is 0.373. The fraction of sp³-hybridized carbons (Fsp3) is 1.00. The van der Waals surface area contributed by atoms with Gasteiger partial charge in [0.1, 0.15) is 0 Å². The monoisotopic (exact) mass is 201 g/mol. The predicted octanol–water partition coefficient (Wildman–Crippen LogP) is 1.63. The minimum absolute atomic E-state index is 0.349. The van der Waals surface area contributed by atoms with Gasteiger partial charge in [-0.25, -0.2) is 0 Å². The molecule has 0 spiro atoms. The van der Waals surface area contributed by atoms with Gasteiger partial charge in [0.15, 0.2) is 0 Å². The highest BCUT2D eigenvalue weighted by Crippen LogP contribution is 2.43. The zero-order chi connectivity index (χ0) is 9.47. The molecule has 2 aliphatic rings. The van der Waals surface area contributed by atoms with Gasteiger partial charge in [-0.2, -0.15) is 0 Å². The van der Waals surface area contributed by atoms with E-state index in [2.05, 4.69) is 25.6 Å². The molecule has 1 saturated heterocycles. The Balaban J connectivity index is 1.87. The fourth-order valence-electron chi connectivity index (χ4n) is 2.06. The molecule has 2 fully saturated rings. The zero-order valence-corrected chi connectivity index (χ0v) is 9.27. The van der Waals surface area contributed by atoms with Crippen LogP contribution in [0, 0.1) is 5.41 Å². The molecule has 2 N–H and O–H groups in total. The van der Waals surface area contributed by atoms with E-state index >= 15 is 0 Å². The molecule has 1 saturated carbocycles. The molecule has 0 aromatic heterocycles. The number of thioether (sulfide) groups is 1. The molecule has 13 heavy (non-hydrogen) atoms. The standard InChI is InChI=1S/C10H19NOS/c1-10(2)4-3-8(9(10)11)13-7-5-12-6-7/h7-9H,3-6,11H2,1-2H3. The van der Waals surface area contributed by atoms with E-state index in [1.807, 2.05) is 0 Å². The predicted molar refractivity (Wildman–Crippen MR) is 57.0 cm³/mol. The van der Waals surface area contributed by atoms with Crippen molar-refractivity contribution in [2.24, 2.45) is 11.1 Å². The smallest absolute Gasteiger partial charge is 0.0608 e. The van der Waals surface area contributed by atoms with Crippen LogP contribution in [0.4, 0.5) is 0 Å². The maximum Gasteiger partial charge on any atom is 0.0608 e. The molecule has 1 aliphatic carbocycles. The largest absolute Gasteiger partial charge is 0.379 e. The van der Waals surface area contributed by atoms with Crippen molar-refractivity contribution in [3.8, 4) is 0 Å². The topological polar surface area (TPSA) is 35.2 Å². The third-order valence-corrected chi connectivity index (χ3v) is 4.89. The van der Waals surface area contributed by atoms with Crippen LogP contribution in [-0.2, 0) is 4.74 Å². The van der Waals surface area contributed by atoms with Crippen molar-refractivity contribution in [2.75, 3.05) is 13.2 Å². The third-order valence-electron chi connectivity index (χ3n) is 3.35. The van der Waals surface area contributed by atoms with Crippen LogP contribution in [0.5, 0.6) is 0 Å². The average molecular weight is 201 g/mol. The first kappa shape index (κ1) is 9.81. The summed E-state index contributed by atoms with van der Waals surface area (Å²) in [6.45, 7) is 6.45. The lowest BCUT2D eigenvalue weighted by Crippen LogP contribution is -2.41. The fourth-order valence-corrected chi connectivity index (χ4v) is 3.69. The van der Waals surface area contributed by atoms with Crippen LogP contribution >= 0.6 is 11.8 Å². The molecule has 2 rings (SSSR count). The van der Waals surface area contributed by atoms with Crippen molar-refractivity contribution in [3.05, 3.63) is 0 Å². The molecule has 0 amide bonds. The third kappa shape index (κ3) is 1.88. The van der Waals surface area contributed by atoms with Gasteiger partial charge in [0, 0.05) is 11.3 Å². The van der Waals surface area contributed by atoms with Gasteiger partial charge in [-0.05, 0) is 18.3 Å². The highest BCUT2D eigenvalue weighted by atomic mass is 32.2. The lowest BCUT2D eigenvalue weighted by molar-refractivity contribution is 0.0452. The molecule has 1 heterocycles. The Kier molecular flexibility index (Phi) is 2.60. The van der Waals surface area contributed by atoms with E-state index in [4.69, 9.17) is 10.5 Å². The molecule has 76 valence electrons. The summed E-state index contributed by atoms with van der Waals surface area (Å²) >= 11 is 2.05. The number of ether oxygens (including phenoxy) is 1. The summed E-state index contributed by atoms with van der Waals surface area (Å²) in [5, 5.41) is 1.40. The second-order valence-corrected chi connectivity index (χ2v) is 6.43. The molecule has 3 heteroatoms. The second-order valence-electron chi connectivity index (χ2n) is 4.89. The zero-order valence-electron chi connectivity index (χ0n) is 8.45. The van der Waals surface area contributed by atoms with Gasteiger partial charge in [0.25, 0.3) is 0 Å². The van der Waals surface area contributed by atoms with Crippen molar-refractivity contribution in [1.82, 2.24) is 0 Å². The SMILES string of the molecule is CC1(C)CCC(SC2COC2)C1N. The summed E-state index contributed by atoms with van der Waals surface area (Å²) in [5.41, 5.74) is 6.57. The quantitative estimate of drug-likeness (QED) is 0.737. The van der Waals surface area contributed by atoms with E-state index in [-0.39, 0.29) is 0 Å². The number of nitrogens with two attached hydrogens (primary N) is 1. The van der Waals surface area contributed by atoms with Crippen LogP contribution in [0.25, 0.3) is 0 Å². The Morgan fingerprint density at radius 3 is 2.46 bits per heavy atom. The van der Waals surface area contributed by atoms with E-state index in [0.29, 0.717) is 16.7 Å². The Morgan fingerprint density at radius 2 is 2.08 bits per heavy atom. The summed E-state index contributed by atoms with van der Waals surface area (Å²) in [7, 11) is 0. The van der Waals surface area contributed by atoms with Crippen LogP contribution in [0.1, 0.15) is 26.7 Å². The van der Waals surface area contributed by atoms with Gasteiger partial charge in [-0.15, -0.1) is 11.8 Å². The van der Waals surface area contributed by atoms with Crippen molar-refractivity contribution >= 4 is 11.8 Å². The molecule has 0 aromatic rings. The van der Waals surface area contributed by atoms with Crippen molar-refractivity contribution in [1.29, 1.82) is 0 Å². The van der Waals surface area contributed by atoms with Gasteiger partial charge in [0.2, 0.25) is 0 Å². The van der Waals surface area contributed by atoms with E-state index < -0.39 is 0 Å². The average Bonchev–Trinajstić information content (AvgIpc) is 2.22. The van der Waals surface area contributed by atoms with E-state index in [1.54, 1.807) is 0 Å². The van der Waals surface area contributed by atoms with Crippen LogP contribution in [-0.4, -0.2) is 29.8 Å². The van der Waals surface area contributed by atoms with Crippen LogP contribution in [0.3, 0.4) is 0 Å². The molecular formula is C10H19NOS. The molecule has 0 aromatic carbocycles. The summed E-state index contributed by atoms with van der Waals surface area (Å²) < 4.78 is 5.17. The van der Waals surface area contributed by atoms with Crippen LogP contribution < -0.4 is 5.73 Å². The van der Waals surface area contributed by atoms with Crippen molar-refractivity contribution in [2.45, 2.75) is 43.2 Å². The second kappa shape index (κ2) is 3.44. The van der Waals surface area contributed by atoms with Gasteiger partial charge < -0.3 is 10.5 Å². The van der Waals surface area contributed by atoms with Crippen molar-refractivity contribution < 1.29 is 4.74 Å². The molecule has 1 aliphatic heterocycles. The molecular weight excluding hydrogens is 182 g/mol. The normalized spacial score (nSPS) is 39.0.